The number of H-pyrrole nitrogens is 1. The van der Waals surface area contributed by atoms with E-state index >= 15 is 0 Å². The van der Waals surface area contributed by atoms with Gasteiger partial charge in [0.05, 0.1) is 22.6 Å². The van der Waals surface area contributed by atoms with Crippen LogP contribution in [0.2, 0.25) is 0 Å². The van der Waals surface area contributed by atoms with E-state index in [1.54, 1.807) is 24.7 Å². The van der Waals surface area contributed by atoms with Crippen LogP contribution in [-0.2, 0) is 0 Å². The first kappa shape index (κ1) is 12.3. The molecule has 6 nitrogen and oxygen atoms in total. The Labute approximate surface area is 115 Å². The van der Waals surface area contributed by atoms with E-state index in [4.69, 9.17) is 0 Å². The first-order chi connectivity index (χ1) is 9.75. The Balaban J connectivity index is 1.83. The number of rotatable bonds is 3. The zero-order valence-electron chi connectivity index (χ0n) is 10.9. The molecule has 1 unspecified atom stereocenters. The highest BCUT2D eigenvalue weighted by molar-refractivity contribution is 6.04. The van der Waals surface area contributed by atoms with Crippen LogP contribution in [0.5, 0.6) is 0 Å². The lowest BCUT2D eigenvalue weighted by atomic mass is 10.2. The summed E-state index contributed by atoms with van der Waals surface area (Å²) in [6.07, 6.45) is 4.98. The summed E-state index contributed by atoms with van der Waals surface area (Å²) in [5, 5.41) is 10.4. The molecular formula is C14H13N5O. The molecule has 0 spiro atoms. The Kier molecular flexibility index (Phi) is 3.12. The van der Waals surface area contributed by atoms with Gasteiger partial charge in [0.15, 0.2) is 5.69 Å². The van der Waals surface area contributed by atoms with Crippen LogP contribution in [0.25, 0.3) is 10.9 Å². The van der Waals surface area contributed by atoms with E-state index in [9.17, 15) is 4.79 Å². The molecule has 0 aromatic carbocycles. The van der Waals surface area contributed by atoms with Crippen molar-refractivity contribution < 1.29 is 4.79 Å². The van der Waals surface area contributed by atoms with Crippen molar-refractivity contribution in [2.45, 2.75) is 13.0 Å². The quantitative estimate of drug-likeness (QED) is 0.758. The van der Waals surface area contributed by atoms with Gasteiger partial charge in [-0.05, 0) is 25.1 Å². The van der Waals surface area contributed by atoms with E-state index < -0.39 is 0 Å². The number of aromatic amines is 1. The fourth-order valence-electron chi connectivity index (χ4n) is 2.00. The van der Waals surface area contributed by atoms with E-state index in [1.165, 1.54) is 0 Å². The van der Waals surface area contributed by atoms with E-state index in [2.05, 4.69) is 25.5 Å². The van der Waals surface area contributed by atoms with Crippen LogP contribution >= 0.6 is 0 Å². The molecule has 0 bridgehead atoms. The number of aromatic nitrogens is 4. The molecule has 20 heavy (non-hydrogen) atoms. The third kappa shape index (κ3) is 2.23. The molecule has 0 saturated heterocycles. The maximum absolute atomic E-state index is 12.3. The van der Waals surface area contributed by atoms with Gasteiger partial charge in [0.25, 0.3) is 5.91 Å². The number of hydrogen-bond acceptors (Lipinski definition) is 4. The molecule has 0 saturated carbocycles. The number of fused-ring (bicyclic) bond motifs is 1. The molecule has 6 heteroatoms. The molecule has 1 atom stereocenters. The molecular weight excluding hydrogens is 254 g/mol. The van der Waals surface area contributed by atoms with Crippen molar-refractivity contribution in [3.05, 3.63) is 54.2 Å². The molecule has 3 heterocycles. The molecule has 0 fully saturated rings. The third-order valence-electron chi connectivity index (χ3n) is 3.06. The van der Waals surface area contributed by atoms with Crippen LogP contribution in [0.15, 0.2) is 42.9 Å². The van der Waals surface area contributed by atoms with E-state index in [1.807, 2.05) is 25.1 Å². The maximum atomic E-state index is 12.3. The van der Waals surface area contributed by atoms with E-state index in [-0.39, 0.29) is 11.9 Å². The molecule has 3 aromatic heterocycles. The fraction of sp³-hybridized carbons (Fsp3) is 0.143. The summed E-state index contributed by atoms with van der Waals surface area (Å²) in [5.41, 5.74) is 1.94. The first-order valence-electron chi connectivity index (χ1n) is 6.25. The molecule has 100 valence electrons. The van der Waals surface area contributed by atoms with Gasteiger partial charge >= 0.3 is 0 Å². The molecule has 0 radical (unpaired) electrons. The van der Waals surface area contributed by atoms with Crippen LogP contribution in [-0.4, -0.2) is 26.1 Å². The van der Waals surface area contributed by atoms with Crippen molar-refractivity contribution in [3.63, 3.8) is 0 Å². The Morgan fingerprint density at radius 3 is 3.00 bits per heavy atom. The average Bonchev–Trinajstić information content (AvgIpc) is 2.92. The third-order valence-corrected chi connectivity index (χ3v) is 3.06. The van der Waals surface area contributed by atoms with E-state index in [0.717, 1.165) is 11.2 Å². The smallest absolute Gasteiger partial charge is 0.273 e. The predicted molar refractivity (Wildman–Crippen MR) is 74.0 cm³/mol. The van der Waals surface area contributed by atoms with Crippen molar-refractivity contribution in [1.82, 2.24) is 25.5 Å². The Morgan fingerprint density at radius 1 is 1.30 bits per heavy atom. The first-order valence-corrected chi connectivity index (χ1v) is 6.25. The van der Waals surface area contributed by atoms with Gasteiger partial charge in [0, 0.05) is 18.6 Å². The van der Waals surface area contributed by atoms with Gasteiger partial charge in [-0.1, -0.05) is 6.07 Å². The monoisotopic (exact) mass is 267 g/mol. The fourth-order valence-corrected chi connectivity index (χ4v) is 2.00. The Bertz CT molecular complexity index is 737. The standard InChI is InChI=1S/C14H13N5O/c1-9(11-4-2-3-6-16-11)17-14(20)13-10-8-15-7-5-12(10)18-19-13/h2-9H,1H3,(H,17,20)(H,18,19). The molecule has 3 rings (SSSR count). The highest BCUT2D eigenvalue weighted by Gasteiger charge is 2.17. The zero-order chi connectivity index (χ0) is 13.9. The van der Waals surface area contributed by atoms with Crippen LogP contribution in [0.4, 0.5) is 0 Å². The van der Waals surface area contributed by atoms with Crippen molar-refractivity contribution in [3.8, 4) is 0 Å². The van der Waals surface area contributed by atoms with Gasteiger partial charge in [-0.15, -0.1) is 0 Å². The van der Waals surface area contributed by atoms with Gasteiger partial charge in [-0.3, -0.25) is 19.9 Å². The van der Waals surface area contributed by atoms with Gasteiger partial charge in [0.2, 0.25) is 0 Å². The van der Waals surface area contributed by atoms with Gasteiger partial charge in [-0.2, -0.15) is 5.10 Å². The number of nitrogens with one attached hydrogen (secondary N) is 2. The second-order valence-corrected chi connectivity index (χ2v) is 4.44. The summed E-state index contributed by atoms with van der Waals surface area (Å²) in [4.78, 5) is 20.5. The lowest BCUT2D eigenvalue weighted by Crippen LogP contribution is -2.27. The van der Waals surface area contributed by atoms with Gasteiger partial charge in [0.1, 0.15) is 0 Å². The van der Waals surface area contributed by atoms with Crippen LogP contribution < -0.4 is 5.32 Å². The normalized spacial score (nSPS) is 12.2. The largest absolute Gasteiger partial charge is 0.343 e. The van der Waals surface area contributed by atoms with Gasteiger partial charge < -0.3 is 5.32 Å². The molecule has 0 aliphatic rings. The Hall–Kier alpha value is -2.76. The summed E-state index contributed by atoms with van der Waals surface area (Å²) in [7, 11) is 0. The average molecular weight is 267 g/mol. The summed E-state index contributed by atoms with van der Waals surface area (Å²) in [5.74, 6) is -0.248. The summed E-state index contributed by atoms with van der Waals surface area (Å²) >= 11 is 0. The summed E-state index contributed by atoms with van der Waals surface area (Å²) in [6.45, 7) is 1.88. The van der Waals surface area contributed by atoms with E-state index in [0.29, 0.717) is 11.1 Å². The highest BCUT2D eigenvalue weighted by atomic mass is 16.2. The van der Waals surface area contributed by atoms with Crippen LogP contribution in [0.1, 0.15) is 29.1 Å². The van der Waals surface area contributed by atoms with Crippen molar-refractivity contribution >= 4 is 16.8 Å². The minimum Gasteiger partial charge on any atom is -0.343 e. The van der Waals surface area contributed by atoms with Crippen molar-refractivity contribution in [1.29, 1.82) is 0 Å². The van der Waals surface area contributed by atoms with Gasteiger partial charge in [-0.25, -0.2) is 0 Å². The lowest BCUT2D eigenvalue weighted by molar-refractivity contribution is 0.0935. The number of carbonyl (C=O) groups is 1. The minimum atomic E-state index is -0.248. The summed E-state index contributed by atoms with van der Waals surface area (Å²) in [6, 6.07) is 7.19. The number of amides is 1. The second-order valence-electron chi connectivity index (χ2n) is 4.44. The highest BCUT2D eigenvalue weighted by Crippen LogP contribution is 2.15. The SMILES string of the molecule is CC(NC(=O)c1n[nH]c2ccncc12)c1ccccn1. The minimum absolute atomic E-state index is 0.188. The van der Waals surface area contributed by atoms with Crippen molar-refractivity contribution in [2.75, 3.05) is 0 Å². The molecule has 1 amide bonds. The molecule has 2 N–H and O–H groups in total. The molecule has 0 aliphatic carbocycles. The molecule has 3 aromatic rings. The Morgan fingerprint density at radius 2 is 2.20 bits per heavy atom. The predicted octanol–water partition coefficient (Wildman–Crippen LogP) is 1.84. The topological polar surface area (TPSA) is 83.6 Å². The molecule has 0 aliphatic heterocycles. The zero-order valence-corrected chi connectivity index (χ0v) is 10.9. The lowest BCUT2D eigenvalue weighted by Gasteiger charge is -2.12. The number of carbonyl (C=O) groups excluding carboxylic acids is 1. The number of hydrogen-bond donors (Lipinski definition) is 2. The van der Waals surface area contributed by atoms with Crippen LogP contribution in [0, 0.1) is 0 Å². The summed E-state index contributed by atoms with van der Waals surface area (Å²) < 4.78 is 0. The second kappa shape index (κ2) is 5.08. The maximum Gasteiger partial charge on any atom is 0.273 e. The number of pyridine rings is 2. The van der Waals surface area contributed by atoms with Crippen LogP contribution in [0.3, 0.4) is 0 Å². The number of nitrogens with zero attached hydrogens (tertiary/aromatic N) is 3. The van der Waals surface area contributed by atoms with Crippen molar-refractivity contribution in [2.24, 2.45) is 0 Å².